The summed E-state index contributed by atoms with van der Waals surface area (Å²) in [6.45, 7) is 1.67. The van der Waals surface area contributed by atoms with Gasteiger partial charge >= 0.3 is 0 Å². The fraction of sp³-hybridized carbons (Fsp3) is 0.188. The second-order valence-corrected chi connectivity index (χ2v) is 6.13. The molecule has 5 heteroatoms. The Hall–Kier alpha value is -1.62. The van der Waals surface area contributed by atoms with Crippen molar-refractivity contribution in [3.63, 3.8) is 0 Å². The van der Waals surface area contributed by atoms with Crippen LogP contribution >= 0.6 is 22.9 Å². The summed E-state index contributed by atoms with van der Waals surface area (Å²) in [6, 6.07) is 11.4. The van der Waals surface area contributed by atoms with Crippen molar-refractivity contribution in [1.82, 2.24) is 5.32 Å². The number of carbonyl (C=O) groups excluding carboxylic acids is 1. The van der Waals surface area contributed by atoms with Crippen LogP contribution in [-0.4, -0.2) is 23.7 Å². The number of benzene rings is 1. The minimum Gasteiger partial charge on any atom is -0.394 e. The van der Waals surface area contributed by atoms with Gasteiger partial charge in [-0.05, 0) is 31.2 Å². The first-order valence-electron chi connectivity index (χ1n) is 6.54. The van der Waals surface area contributed by atoms with Crippen LogP contribution in [0.5, 0.6) is 0 Å². The van der Waals surface area contributed by atoms with E-state index in [0.717, 1.165) is 15.3 Å². The van der Waals surface area contributed by atoms with Crippen LogP contribution in [0.1, 0.15) is 11.8 Å². The van der Waals surface area contributed by atoms with Gasteiger partial charge in [-0.3, -0.25) is 4.79 Å². The van der Waals surface area contributed by atoms with E-state index in [2.05, 4.69) is 5.32 Å². The van der Waals surface area contributed by atoms with E-state index in [0.29, 0.717) is 5.02 Å². The smallest absolute Gasteiger partial charge is 0.244 e. The fourth-order valence-electron chi connectivity index (χ4n) is 1.74. The third kappa shape index (κ3) is 4.43. The largest absolute Gasteiger partial charge is 0.394 e. The summed E-state index contributed by atoms with van der Waals surface area (Å²) >= 11 is 7.74. The van der Waals surface area contributed by atoms with Crippen molar-refractivity contribution in [2.75, 3.05) is 6.61 Å². The van der Waals surface area contributed by atoms with E-state index in [9.17, 15) is 4.79 Å². The van der Waals surface area contributed by atoms with Crippen molar-refractivity contribution < 1.29 is 9.90 Å². The lowest BCUT2D eigenvalue weighted by molar-refractivity contribution is -0.117. The first kappa shape index (κ1) is 15.8. The number of nitrogens with one attached hydrogen (secondary N) is 1. The molecule has 3 nitrogen and oxygen atoms in total. The molecule has 2 aromatic rings. The molecular weight excluding hydrogens is 306 g/mol. The van der Waals surface area contributed by atoms with Gasteiger partial charge in [-0.25, -0.2) is 0 Å². The van der Waals surface area contributed by atoms with E-state index >= 15 is 0 Å². The monoisotopic (exact) mass is 321 g/mol. The number of rotatable bonds is 5. The van der Waals surface area contributed by atoms with E-state index in [1.165, 1.54) is 6.08 Å². The first-order chi connectivity index (χ1) is 10.1. The molecule has 0 aliphatic carbocycles. The van der Waals surface area contributed by atoms with Crippen LogP contribution in [0, 0.1) is 0 Å². The lowest BCUT2D eigenvalue weighted by atomic mass is 10.2. The van der Waals surface area contributed by atoms with Crippen molar-refractivity contribution in [2.45, 2.75) is 13.0 Å². The quantitative estimate of drug-likeness (QED) is 0.827. The second kappa shape index (κ2) is 7.41. The SMILES string of the molecule is CC(CO)NC(=O)/C=C/c1ccc(-c2ccccc2Cl)s1. The molecule has 0 saturated heterocycles. The summed E-state index contributed by atoms with van der Waals surface area (Å²) in [5.41, 5.74) is 0.988. The summed E-state index contributed by atoms with van der Waals surface area (Å²) in [5, 5.41) is 12.2. The molecular formula is C16H16ClNO2S. The molecule has 1 aromatic heterocycles. The summed E-state index contributed by atoms with van der Waals surface area (Å²) in [6.07, 6.45) is 3.22. The molecule has 1 heterocycles. The number of aliphatic hydroxyl groups is 1. The molecule has 0 aliphatic heterocycles. The van der Waals surface area contributed by atoms with Crippen LogP contribution in [0.2, 0.25) is 5.02 Å². The highest BCUT2D eigenvalue weighted by Crippen LogP contribution is 2.33. The molecule has 2 N–H and O–H groups in total. The predicted molar refractivity (Wildman–Crippen MR) is 88.5 cm³/mol. The highest BCUT2D eigenvalue weighted by atomic mass is 35.5. The van der Waals surface area contributed by atoms with Gasteiger partial charge in [-0.15, -0.1) is 11.3 Å². The van der Waals surface area contributed by atoms with Crippen molar-refractivity contribution >= 4 is 34.9 Å². The Morgan fingerprint density at radius 2 is 2.14 bits per heavy atom. The molecule has 1 aromatic carbocycles. The Bertz CT molecular complexity index is 651. The number of hydrogen-bond acceptors (Lipinski definition) is 3. The topological polar surface area (TPSA) is 49.3 Å². The average molecular weight is 322 g/mol. The van der Waals surface area contributed by atoms with Gasteiger partial charge in [0.05, 0.1) is 6.61 Å². The maximum absolute atomic E-state index is 11.6. The van der Waals surface area contributed by atoms with Crippen LogP contribution in [0.4, 0.5) is 0 Å². The Morgan fingerprint density at radius 1 is 1.38 bits per heavy atom. The summed E-state index contributed by atoms with van der Waals surface area (Å²) in [7, 11) is 0. The first-order valence-corrected chi connectivity index (χ1v) is 7.74. The lowest BCUT2D eigenvalue weighted by Crippen LogP contribution is -2.33. The Labute approximate surface area is 132 Å². The van der Waals surface area contributed by atoms with E-state index < -0.39 is 0 Å². The number of carbonyl (C=O) groups is 1. The number of hydrogen-bond donors (Lipinski definition) is 2. The summed E-state index contributed by atoms with van der Waals surface area (Å²) < 4.78 is 0. The van der Waals surface area contributed by atoms with E-state index in [-0.39, 0.29) is 18.6 Å². The zero-order valence-electron chi connectivity index (χ0n) is 11.5. The predicted octanol–water partition coefficient (Wildman–Crippen LogP) is 3.58. The standard InChI is InChI=1S/C16H16ClNO2S/c1-11(10-19)18-16(20)9-7-12-6-8-15(21-12)13-4-2-3-5-14(13)17/h2-9,11,19H,10H2,1H3,(H,18,20)/b9-7+. The van der Waals surface area contributed by atoms with Gasteiger partial charge in [0.2, 0.25) is 5.91 Å². The fourth-order valence-corrected chi connectivity index (χ4v) is 2.99. The second-order valence-electron chi connectivity index (χ2n) is 4.61. The normalized spacial score (nSPS) is 12.5. The van der Waals surface area contributed by atoms with Crippen LogP contribution < -0.4 is 5.32 Å². The number of thiophene rings is 1. The number of aliphatic hydroxyl groups excluding tert-OH is 1. The molecule has 21 heavy (non-hydrogen) atoms. The zero-order chi connectivity index (χ0) is 15.2. The highest BCUT2D eigenvalue weighted by Gasteiger charge is 2.06. The number of amides is 1. The molecule has 1 amide bonds. The lowest BCUT2D eigenvalue weighted by Gasteiger charge is -2.07. The molecule has 2 rings (SSSR count). The van der Waals surface area contributed by atoms with Gasteiger partial charge in [-0.2, -0.15) is 0 Å². The molecule has 0 aliphatic rings. The average Bonchev–Trinajstić information content (AvgIpc) is 2.94. The van der Waals surface area contributed by atoms with Crippen LogP contribution in [-0.2, 0) is 4.79 Å². The maximum atomic E-state index is 11.6. The summed E-state index contributed by atoms with van der Waals surface area (Å²) in [4.78, 5) is 13.6. The third-order valence-corrected chi connectivity index (χ3v) is 4.24. The van der Waals surface area contributed by atoms with E-state index in [4.69, 9.17) is 16.7 Å². The molecule has 0 saturated carbocycles. The highest BCUT2D eigenvalue weighted by molar-refractivity contribution is 7.16. The molecule has 0 radical (unpaired) electrons. The summed E-state index contributed by atoms with van der Waals surface area (Å²) in [5.74, 6) is -0.218. The van der Waals surface area contributed by atoms with Gasteiger partial charge < -0.3 is 10.4 Å². The Balaban J connectivity index is 2.07. The minimum absolute atomic E-state index is 0.0742. The molecule has 110 valence electrons. The number of halogens is 1. The molecule has 0 spiro atoms. The van der Waals surface area contributed by atoms with Crippen molar-refractivity contribution in [1.29, 1.82) is 0 Å². The zero-order valence-corrected chi connectivity index (χ0v) is 13.1. The van der Waals surface area contributed by atoms with Gasteiger partial charge in [-0.1, -0.05) is 29.8 Å². The van der Waals surface area contributed by atoms with Crippen molar-refractivity contribution in [3.05, 3.63) is 52.4 Å². The van der Waals surface area contributed by atoms with E-state index in [1.54, 1.807) is 24.3 Å². The van der Waals surface area contributed by atoms with E-state index in [1.807, 2.05) is 36.4 Å². The van der Waals surface area contributed by atoms with Crippen molar-refractivity contribution in [3.8, 4) is 10.4 Å². The van der Waals surface area contributed by atoms with Gasteiger partial charge in [0, 0.05) is 32.5 Å². The van der Waals surface area contributed by atoms with Crippen molar-refractivity contribution in [2.24, 2.45) is 0 Å². The van der Waals surface area contributed by atoms with Crippen LogP contribution in [0.15, 0.2) is 42.5 Å². The molecule has 1 atom stereocenters. The minimum atomic E-state index is -0.246. The van der Waals surface area contributed by atoms with Gasteiger partial charge in [0.25, 0.3) is 0 Å². The Morgan fingerprint density at radius 3 is 2.86 bits per heavy atom. The third-order valence-electron chi connectivity index (χ3n) is 2.83. The molecule has 0 bridgehead atoms. The van der Waals surface area contributed by atoms with Crippen LogP contribution in [0.25, 0.3) is 16.5 Å². The van der Waals surface area contributed by atoms with Gasteiger partial charge in [0.1, 0.15) is 0 Å². The molecule has 1 unspecified atom stereocenters. The van der Waals surface area contributed by atoms with Crippen LogP contribution in [0.3, 0.4) is 0 Å². The maximum Gasteiger partial charge on any atom is 0.244 e. The Kier molecular flexibility index (Phi) is 5.56. The van der Waals surface area contributed by atoms with Gasteiger partial charge in [0.15, 0.2) is 0 Å². The molecule has 0 fully saturated rings.